The van der Waals surface area contributed by atoms with Crippen LogP contribution >= 0.6 is 11.8 Å². The monoisotopic (exact) mass is 325 g/mol. The number of methoxy groups -OCH3 is 1. The summed E-state index contributed by atoms with van der Waals surface area (Å²) in [7, 11) is 1.62. The van der Waals surface area contributed by atoms with Crippen molar-refractivity contribution in [1.29, 1.82) is 0 Å². The van der Waals surface area contributed by atoms with Crippen molar-refractivity contribution in [3.8, 4) is 5.75 Å². The average molecular weight is 325 g/mol. The van der Waals surface area contributed by atoms with Crippen molar-refractivity contribution in [3.05, 3.63) is 71.4 Å². The van der Waals surface area contributed by atoms with Crippen LogP contribution in [0.4, 0.5) is 0 Å². The summed E-state index contributed by atoms with van der Waals surface area (Å²) < 4.78 is 5.11. The molecule has 0 aromatic heterocycles. The molecule has 0 radical (unpaired) electrons. The van der Waals surface area contributed by atoms with Gasteiger partial charge in [-0.2, -0.15) is 0 Å². The van der Waals surface area contributed by atoms with Gasteiger partial charge in [0, 0.05) is 22.1 Å². The van der Waals surface area contributed by atoms with Gasteiger partial charge in [0.2, 0.25) is 5.78 Å². The van der Waals surface area contributed by atoms with E-state index in [9.17, 15) is 9.59 Å². The van der Waals surface area contributed by atoms with Crippen molar-refractivity contribution >= 4 is 23.3 Å². The van der Waals surface area contributed by atoms with E-state index >= 15 is 0 Å². The number of ketones is 2. The van der Waals surface area contributed by atoms with E-state index in [2.05, 4.69) is 5.32 Å². The highest BCUT2D eigenvalue weighted by Gasteiger charge is 2.24. The highest BCUT2D eigenvalue weighted by molar-refractivity contribution is 7.99. The molecule has 0 atom stereocenters. The van der Waals surface area contributed by atoms with Gasteiger partial charge in [-0.15, -0.1) is 11.8 Å². The molecule has 5 heteroatoms. The van der Waals surface area contributed by atoms with Crippen LogP contribution in [0.5, 0.6) is 5.75 Å². The lowest BCUT2D eigenvalue weighted by molar-refractivity contribution is 0.0979. The molecule has 0 fully saturated rings. The zero-order chi connectivity index (χ0) is 16.2. The summed E-state index contributed by atoms with van der Waals surface area (Å²) in [6, 6.07) is 14.5. The van der Waals surface area contributed by atoms with E-state index in [1.54, 1.807) is 43.1 Å². The molecule has 0 amide bonds. The van der Waals surface area contributed by atoms with Crippen molar-refractivity contribution in [2.75, 3.05) is 13.0 Å². The Balaban J connectivity index is 1.64. The molecule has 2 aromatic carbocycles. The fraction of sp³-hybridized carbons (Fsp3) is 0.111. The van der Waals surface area contributed by atoms with Gasteiger partial charge in [-0.1, -0.05) is 24.3 Å². The van der Waals surface area contributed by atoms with Crippen molar-refractivity contribution in [3.63, 3.8) is 0 Å². The summed E-state index contributed by atoms with van der Waals surface area (Å²) in [5.74, 6) is 1.02. The van der Waals surface area contributed by atoms with E-state index < -0.39 is 0 Å². The van der Waals surface area contributed by atoms with Crippen molar-refractivity contribution in [2.24, 2.45) is 0 Å². The van der Waals surface area contributed by atoms with Crippen LogP contribution < -0.4 is 10.1 Å². The summed E-state index contributed by atoms with van der Waals surface area (Å²) in [4.78, 5) is 25.5. The Kier molecular flexibility index (Phi) is 4.48. The molecule has 1 N–H and O–H groups in total. The maximum absolute atomic E-state index is 12.4. The highest BCUT2D eigenvalue weighted by Crippen LogP contribution is 2.23. The van der Waals surface area contributed by atoms with Gasteiger partial charge in [-0.25, -0.2) is 0 Å². The largest absolute Gasteiger partial charge is 0.497 e. The number of hydrogen-bond donors (Lipinski definition) is 1. The molecule has 0 aliphatic heterocycles. The smallest absolute Gasteiger partial charge is 0.209 e. The fourth-order valence-corrected chi connectivity index (χ4v) is 3.04. The number of thioether (sulfide) groups is 1. The predicted octanol–water partition coefficient (Wildman–Crippen LogP) is 3.30. The molecular weight excluding hydrogens is 310 g/mol. The number of carbonyl (C=O) groups excluding carboxylic acids is 2. The minimum atomic E-state index is -0.143. The topological polar surface area (TPSA) is 55.4 Å². The first-order valence-corrected chi connectivity index (χ1v) is 8.08. The van der Waals surface area contributed by atoms with E-state index in [1.165, 1.54) is 6.08 Å². The van der Waals surface area contributed by atoms with Crippen LogP contribution in [0.15, 0.2) is 65.2 Å². The summed E-state index contributed by atoms with van der Waals surface area (Å²) in [6.45, 7) is 0. The fourth-order valence-electron chi connectivity index (χ4n) is 2.32. The Morgan fingerprint density at radius 1 is 1.00 bits per heavy atom. The van der Waals surface area contributed by atoms with Crippen LogP contribution in [-0.4, -0.2) is 24.6 Å². The maximum atomic E-state index is 12.4. The number of Topliss-reactive ketones (excluding diaryl/α,β-unsaturated/α-hetero) is 1. The molecule has 2 aromatic rings. The van der Waals surface area contributed by atoms with Crippen molar-refractivity contribution < 1.29 is 14.3 Å². The molecule has 1 aliphatic carbocycles. The van der Waals surface area contributed by atoms with E-state index in [0.717, 1.165) is 10.6 Å². The molecule has 0 saturated carbocycles. The zero-order valence-corrected chi connectivity index (χ0v) is 13.4. The van der Waals surface area contributed by atoms with Gasteiger partial charge >= 0.3 is 0 Å². The van der Waals surface area contributed by atoms with E-state index in [0.29, 0.717) is 22.7 Å². The predicted molar refractivity (Wildman–Crippen MR) is 90.0 cm³/mol. The van der Waals surface area contributed by atoms with Gasteiger partial charge in [0.1, 0.15) is 5.75 Å². The SMILES string of the molecule is COc1ccc(SCNC2=CC(=O)c3ccccc3C2=O)cc1. The highest BCUT2D eigenvalue weighted by atomic mass is 32.2. The first-order chi connectivity index (χ1) is 11.2. The minimum Gasteiger partial charge on any atom is -0.497 e. The molecule has 4 nitrogen and oxygen atoms in total. The Labute approximate surface area is 138 Å². The number of benzene rings is 2. The van der Waals surface area contributed by atoms with Gasteiger partial charge in [0.15, 0.2) is 5.78 Å². The van der Waals surface area contributed by atoms with E-state index in [4.69, 9.17) is 4.74 Å². The Morgan fingerprint density at radius 3 is 2.39 bits per heavy atom. The molecule has 1 aliphatic rings. The van der Waals surface area contributed by atoms with Crippen LogP contribution in [0.3, 0.4) is 0 Å². The van der Waals surface area contributed by atoms with Crippen molar-refractivity contribution in [2.45, 2.75) is 4.90 Å². The third-order valence-corrected chi connectivity index (χ3v) is 4.41. The number of ether oxygens (including phenoxy) is 1. The van der Waals surface area contributed by atoms with Crippen LogP contribution in [0, 0.1) is 0 Å². The number of carbonyl (C=O) groups is 2. The number of rotatable bonds is 5. The van der Waals surface area contributed by atoms with Crippen LogP contribution in [0.25, 0.3) is 0 Å². The number of allylic oxidation sites excluding steroid dienone is 2. The second-order valence-corrected chi connectivity index (χ2v) is 5.99. The molecule has 0 unspecified atom stereocenters. The Hall–Kier alpha value is -2.53. The van der Waals surface area contributed by atoms with Gasteiger partial charge in [-0.3, -0.25) is 9.59 Å². The van der Waals surface area contributed by atoms with Gasteiger partial charge in [0.05, 0.1) is 18.7 Å². The van der Waals surface area contributed by atoms with Crippen LogP contribution in [0.1, 0.15) is 20.7 Å². The lowest BCUT2D eigenvalue weighted by Gasteiger charge is -2.16. The Morgan fingerprint density at radius 2 is 1.70 bits per heavy atom. The lowest BCUT2D eigenvalue weighted by Crippen LogP contribution is -2.26. The molecule has 0 bridgehead atoms. The van der Waals surface area contributed by atoms with E-state index in [-0.39, 0.29) is 11.6 Å². The summed E-state index contributed by atoms with van der Waals surface area (Å²) in [6.07, 6.45) is 1.37. The molecular formula is C18H15NO3S. The normalized spacial score (nSPS) is 13.3. The third kappa shape index (κ3) is 3.29. The quantitative estimate of drug-likeness (QED) is 0.675. The average Bonchev–Trinajstić information content (AvgIpc) is 2.60. The molecule has 23 heavy (non-hydrogen) atoms. The molecule has 0 spiro atoms. The molecule has 3 rings (SSSR count). The first kappa shape index (κ1) is 15.4. The minimum absolute atomic E-state index is 0.142. The summed E-state index contributed by atoms with van der Waals surface area (Å²) in [5.41, 5.74) is 1.26. The molecule has 0 saturated heterocycles. The number of hydrogen-bond acceptors (Lipinski definition) is 5. The Bertz CT molecular complexity index is 781. The molecule has 0 heterocycles. The second-order valence-electron chi connectivity index (χ2n) is 4.94. The van der Waals surface area contributed by atoms with Crippen molar-refractivity contribution in [1.82, 2.24) is 5.32 Å². The first-order valence-electron chi connectivity index (χ1n) is 7.09. The molecule has 116 valence electrons. The van der Waals surface area contributed by atoms with E-state index in [1.807, 2.05) is 24.3 Å². The zero-order valence-electron chi connectivity index (χ0n) is 12.5. The summed E-state index contributed by atoms with van der Waals surface area (Å²) in [5, 5.41) is 3.04. The standard InChI is InChI=1S/C18H15NO3S/c1-22-12-6-8-13(9-7-12)23-11-19-16-10-17(20)14-4-2-3-5-15(14)18(16)21/h2-10,19H,11H2,1H3. The maximum Gasteiger partial charge on any atom is 0.209 e. The third-order valence-electron chi connectivity index (χ3n) is 3.52. The number of nitrogens with one attached hydrogen (secondary N) is 1. The van der Waals surface area contributed by atoms with Crippen LogP contribution in [-0.2, 0) is 0 Å². The van der Waals surface area contributed by atoms with Gasteiger partial charge < -0.3 is 10.1 Å². The van der Waals surface area contributed by atoms with Gasteiger partial charge in [0.25, 0.3) is 0 Å². The van der Waals surface area contributed by atoms with Gasteiger partial charge in [-0.05, 0) is 24.3 Å². The second kappa shape index (κ2) is 6.71. The lowest BCUT2D eigenvalue weighted by atomic mass is 9.93. The summed E-state index contributed by atoms with van der Waals surface area (Å²) >= 11 is 1.55. The van der Waals surface area contributed by atoms with Crippen LogP contribution in [0.2, 0.25) is 0 Å². The number of fused-ring (bicyclic) bond motifs is 1.